The maximum atomic E-state index is 13.3. The van der Waals surface area contributed by atoms with Gasteiger partial charge < -0.3 is 9.88 Å². The summed E-state index contributed by atoms with van der Waals surface area (Å²) in [7, 11) is 3.91. The van der Waals surface area contributed by atoms with Crippen LogP contribution in [0.1, 0.15) is 32.6 Å². The Bertz CT molecular complexity index is 818. The highest BCUT2D eigenvalue weighted by Gasteiger charge is 2.36. The second kappa shape index (κ2) is 7.69. The lowest BCUT2D eigenvalue weighted by atomic mass is 9.86. The molecule has 1 aliphatic carbocycles. The van der Waals surface area contributed by atoms with Gasteiger partial charge in [0.15, 0.2) is 0 Å². The molecule has 0 spiro atoms. The average molecular weight is 492 g/mol. The summed E-state index contributed by atoms with van der Waals surface area (Å²) in [6.45, 7) is -0.278. The van der Waals surface area contributed by atoms with Crippen LogP contribution in [-0.4, -0.2) is 51.6 Å². The third-order valence-corrected chi connectivity index (χ3v) is 11.5. The van der Waals surface area contributed by atoms with E-state index in [1.54, 1.807) is 13.4 Å². The monoisotopic (exact) mass is 492 g/mol. The molecule has 3 rings (SSSR count). The highest BCUT2D eigenvalue weighted by Crippen LogP contribution is 2.37. The van der Waals surface area contributed by atoms with E-state index in [9.17, 15) is 4.21 Å². The number of aromatic nitrogens is 3. The Balaban J connectivity index is 1.65. The first-order chi connectivity index (χ1) is 12.3. The molecule has 146 valence electrons. The fourth-order valence-corrected chi connectivity index (χ4v) is 8.57. The molecule has 3 N–H and O–H groups in total. The van der Waals surface area contributed by atoms with Gasteiger partial charge in [0.05, 0.1) is 5.39 Å². The van der Waals surface area contributed by atoms with Gasteiger partial charge in [-0.25, -0.2) is 23.6 Å². The summed E-state index contributed by atoms with van der Waals surface area (Å²) in [5.74, 6) is 2.15. The molecule has 0 amide bonds. The highest BCUT2D eigenvalue weighted by molar-refractivity contribution is 14.2. The second-order valence-corrected chi connectivity index (χ2v) is 15.7. The summed E-state index contributed by atoms with van der Waals surface area (Å²) in [4.78, 5) is 14.2. The minimum atomic E-state index is -2.98. The van der Waals surface area contributed by atoms with Crippen LogP contribution in [0.25, 0.3) is 11.0 Å². The largest absolute Gasteiger partial charge is 0.356 e. The summed E-state index contributed by atoms with van der Waals surface area (Å²) in [6.07, 6.45) is 7.87. The van der Waals surface area contributed by atoms with Crippen LogP contribution in [0.5, 0.6) is 0 Å². The van der Waals surface area contributed by atoms with E-state index in [1.807, 2.05) is 19.2 Å². The number of nitrogens with one attached hydrogen (secondary N) is 3. The number of anilines is 1. The van der Waals surface area contributed by atoms with Gasteiger partial charge in [0.2, 0.25) is 0 Å². The van der Waals surface area contributed by atoms with Gasteiger partial charge in [0.1, 0.15) is 17.8 Å². The number of fused-ring (bicyclic) bond motifs is 1. The zero-order chi connectivity index (χ0) is 18.8. The van der Waals surface area contributed by atoms with Gasteiger partial charge >= 0.3 is 0 Å². The molecule has 0 atom stereocenters. The highest BCUT2D eigenvalue weighted by atomic mass is 127. The number of hydrogen-bond donors (Lipinski definition) is 3. The van der Waals surface area contributed by atoms with Crippen LogP contribution in [0.2, 0.25) is 0 Å². The van der Waals surface area contributed by atoms with Crippen molar-refractivity contribution in [2.24, 2.45) is 5.92 Å². The molecule has 0 aromatic carbocycles. The number of aromatic amines is 1. The molecule has 1 aliphatic rings. The quantitative estimate of drug-likeness (QED) is 0.410. The molecule has 1 saturated carbocycles. The Kier molecular flexibility index (Phi) is 5.90. The molecule has 0 unspecified atom stereocenters. The van der Waals surface area contributed by atoms with E-state index in [-0.39, 0.29) is 0 Å². The number of nitrogens with zero attached hydrogens (tertiary/aromatic N) is 3. The molecule has 1 fully saturated rings. The lowest BCUT2D eigenvalue weighted by molar-refractivity contribution is 0.341. The van der Waals surface area contributed by atoms with Gasteiger partial charge in [-0.15, -0.1) is 0 Å². The maximum Gasteiger partial charge on any atom is 0.142 e. The van der Waals surface area contributed by atoms with Gasteiger partial charge in [0, 0.05) is 59.4 Å². The van der Waals surface area contributed by atoms with Crippen LogP contribution in [0.4, 0.5) is 5.82 Å². The van der Waals surface area contributed by atoms with Crippen LogP contribution in [0.3, 0.4) is 0 Å². The fraction of sp³-hybridized carbons (Fsp3) is 0.647. The van der Waals surface area contributed by atoms with Gasteiger partial charge in [0.25, 0.3) is 0 Å². The number of rotatable bonds is 7. The lowest BCUT2D eigenvalue weighted by Gasteiger charge is -2.42. The van der Waals surface area contributed by atoms with E-state index in [1.165, 1.54) is 0 Å². The standard InChI is InChI=1S/C17H29IN6OS/c1-4-23-26(18,25,19-2)11-13-5-7-14(8-6-13)24(3)17-15-9-10-20-16(15)21-12-22-17/h9-10,12-14H,4-8,11H2,1-3H3,(H2,19,23,25)(H,20,21,22). The van der Waals surface area contributed by atoms with Gasteiger partial charge in [-0.05, 0) is 44.7 Å². The molecule has 0 saturated heterocycles. The zero-order valence-corrected chi connectivity index (χ0v) is 18.6. The molecule has 2 heterocycles. The minimum absolute atomic E-state index is 0.456. The van der Waals surface area contributed by atoms with Crippen LogP contribution in [0, 0.1) is 5.92 Å². The van der Waals surface area contributed by atoms with Crippen molar-refractivity contribution < 1.29 is 4.21 Å². The fourth-order valence-electron chi connectivity index (χ4n) is 3.93. The van der Waals surface area contributed by atoms with E-state index in [0.29, 0.717) is 24.3 Å². The van der Waals surface area contributed by atoms with Gasteiger partial charge in [-0.2, -0.15) is 0 Å². The summed E-state index contributed by atoms with van der Waals surface area (Å²) in [5.41, 5.74) is 0.878. The summed E-state index contributed by atoms with van der Waals surface area (Å²) in [5, 5.41) is 1.06. The minimum Gasteiger partial charge on any atom is -0.356 e. The first-order valence-electron chi connectivity index (χ1n) is 9.17. The van der Waals surface area contributed by atoms with E-state index in [2.05, 4.69) is 57.5 Å². The summed E-state index contributed by atoms with van der Waals surface area (Å²) < 4.78 is 19.6. The zero-order valence-electron chi connectivity index (χ0n) is 15.7. The first-order valence-corrected chi connectivity index (χ1v) is 13.9. The molecule has 2 aromatic rings. The number of H-pyrrole nitrogens is 1. The van der Waals surface area contributed by atoms with Crippen molar-refractivity contribution in [3.05, 3.63) is 18.6 Å². The van der Waals surface area contributed by atoms with E-state index in [0.717, 1.165) is 42.5 Å². The van der Waals surface area contributed by atoms with Crippen LogP contribution < -0.4 is 14.3 Å². The lowest BCUT2D eigenvalue weighted by Crippen LogP contribution is -2.55. The maximum absolute atomic E-state index is 13.3. The van der Waals surface area contributed by atoms with Crippen LogP contribution in [0.15, 0.2) is 18.6 Å². The van der Waals surface area contributed by atoms with Crippen LogP contribution in [-0.2, 0) is 6.61 Å². The Labute approximate surface area is 167 Å². The Hall–Kier alpha value is -0.780. The van der Waals surface area contributed by atoms with E-state index < -0.39 is 6.61 Å². The van der Waals surface area contributed by atoms with Gasteiger partial charge in [-0.1, -0.05) is 6.92 Å². The Morgan fingerprint density at radius 1 is 1.35 bits per heavy atom. The van der Waals surface area contributed by atoms with Crippen molar-refractivity contribution >= 4 is 44.7 Å². The van der Waals surface area contributed by atoms with Gasteiger partial charge in [-0.3, -0.25) is 0 Å². The van der Waals surface area contributed by atoms with Crippen LogP contribution >= 0.6 is 21.2 Å². The predicted octanol–water partition coefficient (Wildman–Crippen LogP) is 2.78. The average Bonchev–Trinajstić information content (AvgIpc) is 3.10. The topological polar surface area (TPSA) is 85.9 Å². The third kappa shape index (κ3) is 4.20. The van der Waals surface area contributed by atoms with Crippen molar-refractivity contribution in [2.45, 2.75) is 38.6 Å². The number of hydrogen-bond acceptors (Lipinski definition) is 4. The first kappa shape index (κ1) is 20.0. The smallest absolute Gasteiger partial charge is 0.142 e. The summed E-state index contributed by atoms with van der Waals surface area (Å²) >= 11 is 2.11. The van der Waals surface area contributed by atoms with E-state index in [4.69, 9.17) is 0 Å². The van der Waals surface area contributed by atoms with Crippen molar-refractivity contribution in [2.75, 3.05) is 31.3 Å². The second-order valence-electron chi connectivity index (χ2n) is 7.09. The predicted molar refractivity (Wildman–Crippen MR) is 118 cm³/mol. The molecule has 0 aliphatic heterocycles. The molecular formula is C17H29IN6OS. The molecule has 2 aromatic heterocycles. The molecule has 26 heavy (non-hydrogen) atoms. The summed E-state index contributed by atoms with van der Waals surface area (Å²) in [6, 6.07) is 2.49. The van der Waals surface area contributed by atoms with E-state index >= 15 is 0 Å². The molecule has 7 nitrogen and oxygen atoms in total. The van der Waals surface area contributed by atoms with Crippen molar-refractivity contribution in [3.8, 4) is 0 Å². The number of halogens is 1. The Morgan fingerprint density at radius 2 is 2.08 bits per heavy atom. The molecule has 0 bridgehead atoms. The SMILES string of the molecule is CCNS(=O)(I)(CC1CCC(N(C)c2ncnc3[nH]ccc23)CC1)NC. The van der Waals surface area contributed by atoms with Crippen molar-refractivity contribution in [3.63, 3.8) is 0 Å². The van der Waals surface area contributed by atoms with Crippen molar-refractivity contribution in [1.29, 1.82) is 0 Å². The normalized spacial score (nSPS) is 22.8. The third-order valence-electron chi connectivity index (χ3n) is 5.40. The molecule has 0 radical (unpaired) electrons. The molecular weight excluding hydrogens is 463 g/mol. The van der Waals surface area contributed by atoms with Crippen molar-refractivity contribution in [1.82, 2.24) is 24.4 Å². The Morgan fingerprint density at radius 3 is 2.73 bits per heavy atom. The molecule has 9 heteroatoms.